The Morgan fingerprint density at radius 1 is 1.17 bits per heavy atom. The van der Waals surface area contributed by atoms with E-state index < -0.39 is 33.7 Å². The molecule has 23 heavy (non-hydrogen) atoms. The molecule has 0 aromatic heterocycles. The predicted octanol–water partition coefficient (Wildman–Crippen LogP) is 0.765. The molecule has 0 atom stereocenters. The van der Waals surface area contributed by atoms with E-state index >= 15 is 0 Å². The minimum absolute atomic E-state index is 0.112. The number of hydrogen-bond acceptors (Lipinski definition) is 2. The van der Waals surface area contributed by atoms with Gasteiger partial charge in [-0.3, -0.25) is 0 Å². The molecule has 2 N–H and O–H groups in total. The molecule has 0 radical (unpaired) electrons. The van der Waals surface area contributed by atoms with Crippen molar-refractivity contribution in [3.8, 4) is 0 Å². The fourth-order valence-electron chi connectivity index (χ4n) is 1.88. The summed E-state index contributed by atoms with van der Waals surface area (Å²) in [6.45, 7) is 0.215. The molecule has 0 heterocycles. The Labute approximate surface area is 152 Å². The molecular formula is C15H10Cl2FINO3-. The summed E-state index contributed by atoms with van der Waals surface area (Å²) in [7, 11) is 0. The molecule has 1 amide bonds. The van der Waals surface area contributed by atoms with E-state index in [4.69, 9.17) is 28.3 Å². The predicted molar refractivity (Wildman–Crippen MR) is 80.8 cm³/mol. The standard InChI is InChI=1S/C15H10Cl2FINO3/c16-11-5-9(6-12(17)13(11)15(22)23)14(21)20-7-8-2-1-3-10(4-8)19-18/h1-6H,7H2,(H,20,21)(H,22,23)/q-1. The van der Waals surface area contributed by atoms with Crippen LogP contribution in [-0.4, -0.2) is 17.0 Å². The van der Waals surface area contributed by atoms with Crippen molar-refractivity contribution >= 4 is 35.1 Å². The number of nitrogens with one attached hydrogen (secondary N) is 1. The Bertz CT molecular complexity index is 747. The van der Waals surface area contributed by atoms with E-state index in [1.165, 1.54) is 12.1 Å². The van der Waals surface area contributed by atoms with Gasteiger partial charge in [0.05, 0.1) is 0 Å². The van der Waals surface area contributed by atoms with Crippen molar-refractivity contribution in [3.63, 3.8) is 0 Å². The Kier molecular flexibility index (Phi) is 6.20. The van der Waals surface area contributed by atoms with Crippen LogP contribution in [0.1, 0.15) is 26.3 Å². The van der Waals surface area contributed by atoms with E-state index in [1.54, 1.807) is 24.3 Å². The maximum absolute atomic E-state index is 12.7. The SMILES string of the molecule is O=C(NCc1cccc([I-]F)c1)c1cc(Cl)c(C(=O)O)c(Cl)c1. The summed E-state index contributed by atoms with van der Waals surface area (Å²) in [5, 5.41) is 11.4. The first kappa shape index (κ1) is 18.0. The summed E-state index contributed by atoms with van der Waals surface area (Å²) in [6.07, 6.45) is 0. The quantitative estimate of drug-likeness (QED) is 0.637. The average Bonchev–Trinajstić information content (AvgIpc) is 2.51. The van der Waals surface area contributed by atoms with Crippen LogP contribution in [0.15, 0.2) is 36.4 Å². The number of carbonyl (C=O) groups excluding carboxylic acids is 1. The maximum atomic E-state index is 12.7. The van der Waals surface area contributed by atoms with Gasteiger partial charge in [-0.25, -0.2) is 0 Å². The summed E-state index contributed by atoms with van der Waals surface area (Å²) < 4.78 is 13.3. The topological polar surface area (TPSA) is 66.4 Å². The van der Waals surface area contributed by atoms with Crippen molar-refractivity contribution < 1.29 is 39.3 Å². The molecule has 0 aliphatic carbocycles. The van der Waals surface area contributed by atoms with Crippen LogP contribution in [0, 0.1) is 3.57 Å². The van der Waals surface area contributed by atoms with Crippen LogP contribution in [0.5, 0.6) is 0 Å². The molecule has 0 unspecified atom stereocenters. The molecule has 0 aliphatic heterocycles. The Morgan fingerprint density at radius 3 is 2.39 bits per heavy atom. The molecule has 0 fully saturated rings. The van der Waals surface area contributed by atoms with Gasteiger partial charge in [0.2, 0.25) is 0 Å². The van der Waals surface area contributed by atoms with Crippen LogP contribution in [-0.2, 0) is 6.54 Å². The van der Waals surface area contributed by atoms with Gasteiger partial charge in [-0.15, -0.1) is 0 Å². The number of hydrogen-bond donors (Lipinski definition) is 2. The molecule has 2 aromatic rings. The monoisotopic (exact) mass is 468 g/mol. The zero-order valence-corrected chi connectivity index (χ0v) is 15.1. The van der Waals surface area contributed by atoms with Gasteiger partial charge in [-0.1, -0.05) is 0 Å². The second-order valence-electron chi connectivity index (χ2n) is 4.50. The molecule has 0 bridgehead atoms. The zero-order chi connectivity index (χ0) is 17.0. The summed E-state index contributed by atoms with van der Waals surface area (Å²) >= 11 is 10.2. The van der Waals surface area contributed by atoms with Gasteiger partial charge in [0, 0.05) is 0 Å². The van der Waals surface area contributed by atoms with Gasteiger partial charge in [0.25, 0.3) is 0 Å². The first-order chi connectivity index (χ1) is 10.9. The van der Waals surface area contributed by atoms with Crippen LogP contribution >= 0.6 is 23.2 Å². The molecular weight excluding hydrogens is 459 g/mol. The number of carboxylic acids is 1. The number of benzene rings is 2. The summed E-state index contributed by atoms with van der Waals surface area (Å²) in [5.74, 6) is -1.72. The van der Waals surface area contributed by atoms with Gasteiger partial charge in [-0.2, -0.15) is 0 Å². The average molecular weight is 469 g/mol. The van der Waals surface area contributed by atoms with Crippen molar-refractivity contribution in [2.45, 2.75) is 6.54 Å². The number of carbonyl (C=O) groups is 2. The summed E-state index contributed by atoms with van der Waals surface area (Å²) in [4.78, 5) is 23.1. The van der Waals surface area contributed by atoms with Crippen molar-refractivity contribution in [1.82, 2.24) is 5.32 Å². The third-order valence-corrected chi connectivity index (χ3v) is 4.68. The van der Waals surface area contributed by atoms with E-state index in [1.807, 2.05) is 0 Å². The van der Waals surface area contributed by atoms with Crippen molar-refractivity contribution in [2.24, 2.45) is 0 Å². The number of halogens is 4. The van der Waals surface area contributed by atoms with Gasteiger partial charge < -0.3 is 0 Å². The normalized spacial score (nSPS) is 10.6. The third-order valence-electron chi connectivity index (χ3n) is 2.94. The van der Waals surface area contributed by atoms with Crippen LogP contribution in [0.3, 0.4) is 0 Å². The molecule has 0 saturated heterocycles. The molecule has 0 aliphatic rings. The second kappa shape index (κ2) is 7.94. The molecule has 0 saturated carbocycles. The van der Waals surface area contributed by atoms with Crippen molar-refractivity contribution in [1.29, 1.82) is 0 Å². The van der Waals surface area contributed by atoms with Gasteiger partial charge in [0.1, 0.15) is 0 Å². The van der Waals surface area contributed by atoms with Crippen molar-refractivity contribution in [2.75, 3.05) is 0 Å². The second-order valence-corrected chi connectivity index (χ2v) is 6.97. The number of aromatic carboxylic acids is 1. The fraction of sp³-hybridized carbons (Fsp3) is 0.0667. The van der Waals surface area contributed by atoms with E-state index in [-0.39, 0.29) is 27.7 Å². The van der Waals surface area contributed by atoms with Crippen molar-refractivity contribution in [3.05, 3.63) is 66.7 Å². The number of carboxylic acid groups (broad SMARTS) is 1. The Balaban J connectivity index is 2.13. The van der Waals surface area contributed by atoms with E-state index in [9.17, 15) is 12.4 Å². The van der Waals surface area contributed by atoms with E-state index in [0.717, 1.165) is 5.56 Å². The van der Waals surface area contributed by atoms with Crippen LogP contribution in [0.2, 0.25) is 10.0 Å². The molecule has 2 rings (SSSR count). The summed E-state index contributed by atoms with van der Waals surface area (Å²) in [6, 6.07) is 9.39. The molecule has 4 nitrogen and oxygen atoms in total. The molecule has 122 valence electrons. The van der Waals surface area contributed by atoms with Crippen LogP contribution < -0.4 is 27.1 Å². The first-order valence-electron chi connectivity index (χ1n) is 6.27. The molecule has 0 spiro atoms. The zero-order valence-electron chi connectivity index (χ0n) is 11.4. The Morgan fingerprint density at radius 2 is 1.83 bits per heavy atom. The first-order valence-corrected chi connectivity index (χ1v) is 8.92. The van der Waals surface area contributed by atoms with Gasteiger partial charge >= 0.3 is 153 Å². The molecule has 2 aromatic carbocycles. The van der Waals surface area contributed by atoms with Gasteiger partial charge in [-0.05, 0) is 0 Å². The Hall–Kier alpha value is -1.38. The summed E-state index contributed by atoms with van der Waals surface area (Å²) in [5.41, 5.74) is 0.677. The number of amides is 1. The van der Waals surface area contributed by atoms with Crippen LogP contribution in [0.4, 0.5) is 2.86 Å². The van der Waals surface area contributed by atoms with Gasteiger partial charge in [0.15, 0.2) is 0 Å². The molecule has 8 heteroatoms. The minimum atomic E-state index is -1.50. The van der Waals surface area contributed by atoms with E-state index in [0.29, 0.717) is 3.57 Å². The van der Waals surface area contributed by atoms with Crippen LogP contribution in [0.25, 0.3) is 0 Å². The fourth-order valence-corrected chi connectivity index (χ4v) is 3.39. The van der Waals surface area contributed by atoms with E-state index in [2.05, 4.69) is 5.32 Å². The third kappa shape index (κ3) is 4.55. The number of rotatable bonds is 5.